The average molecular weight is 319 g/mol. The summed E-state index contributed by atoms with van der Waals surface area (Å²) < 4.78 is 4.09. The minimum absolute atomic E-state index is 0.129. The van der Waals surface area contributed by atoms with Crippen LogP contribution in [0, 0.1) is 10.1 Å². The van der Waals surface area contributed by atoms with Crippen molar-refractivity contribution in [2.45, 2.75) is 4.90 Å². The lowest BCUT2D eigenvalue weighted by molar-refractivity contribution is -0.384. The van der Waals surface area contributed by atoms with Gasteiger partial charge in [0.25, 0.3) is 5.69 Å². The summed E-state index contributed by atoms with van der Waals surface area (Å²) in [7, 11) is 1.92. The second-order valence-electron chi connectivity index (χ2n) is 5.11. The number of non-ortho nitro benzene ring substituents is 1. The molecule has 0 bridgehead atoms. The molecule has 0 atom stereocenters. The quantitative estimate of drug-likeness (QED) is 0.489. The average Bonchev–Trinajstić information content (AvgIpc) is 2.95. The standard InChI is InChI=1S/C14H17N5O2S/c1-16-7-6-14(15-16)17-8-10-18(11-9-17)22-13-4-2-12(3-5-13)19(20)21/h2-7H,8-11H2,1H3. The predicted molar refractivity (Wildman–Crippen MR) is 85.9 cm³/mol. The van der Waals surface area contributed by atoms with Crippen molar-refractivity contribution in [3.05, 3.63) is 46.6 Å². The number of aromatic nitrogens is 2. The molecule has 1 saturated heterocycles. The first kappa shape index (κ1) is 14.9. The maximum Gasteiger partial charge on any atom is 0.269 e. The highest BCUT2D eigenvalue weighted by molar-refractivity contribution is 7.97. The molecule has 1 aromatic heterocycles. The topological polar surface area (TPSA) is 67.4 Å². The number of hydrogen-bond acceptors (Lipinski definition) is 6. The summed E-state index contributed by atoms with van der Waals surface area (Å²) in [6.07, 6.45) is 1.95. The molecule has 1 aliphatic rings. The van der Waals surface area contributed by atoms with E-state index in [1.165, 1.54) is 0 Å². The number of rotatable bonds is 4. The van der Waals surface area contributed by atoms with Gasteiger partial charge in [0.15, 0.2) is 5.82 Å². The van der Waals surface area contributed by atoms with E-state index in [0.29, 0.717) is 0 Å². The van der Waals surface area contributed by atoms with E-state index in [9.17, 15) is 10.1 Å². The molecule has 0 N–H and O–H groups in total. The van der Waals surface area contributed by atoms with E-state index < -0.39 is 0 Å². The van der Waals surface area contributed by atoms with Gasteiger partial charge in [0.2, 0.25) is 0 Å². The van der Waals surface area contributed by atoms with Crippen molar-refractivity contribution in [2.75, 3.05) is 31.1 Å². The summed E-state index contributed by atoms with van der Waals surface area (Å²) in [5.41, 5.74) is 0.129. The number of aryl methyl sites for hydroxylation is 1. The van der Waals surface area contributed by atoms with Crippen LogP contribution in [0.2, 0.25) is 0 Å². The summed E-state index contributed by atoms with van der Waals surface area (Å²) in [6.45, 7) is 3.71. The van der Waals surface area contributed by atoms with Crippen LogP contribution in [-0.4, -0.2) is 45.2 Å². The normalized spacial score (nSPS) is 16.0. The Morgan fingerprint density at radius 1 is 1.14 bits per heavy atom. The first-order chi connectivity index (χ1) is 10.6. The van der Waals surface area contributed by atoms with Crippen molar-refractivity contribution < 1.29 is 4.92 Å². The Labute approximate surface area is 132 Å². The van der Waals surface area contributed by atoms with Crippen LogP contribution in [0.1, 0.15) is 0 Å². The van der Waals surface area contributed by atoms with Gasteiger partial charge in [-0.1, -0.05) is 0 Å². The first-order valence-electron chi connectivity index (χ1n) is 7.04. The van der Waals surface area contributed by atoms with Crippen molar-refractivity contribution in [1.29, 1.82) is 0 Å². The molecular formula is C14H17N5O2S. The van der Waals surface area contributed by atoms with E-state index in [1.807, 2.05) is 24.0 Å². The lowest BCUT2D eigenvalue weighted by Gasteiger charge is -2.33. The maximum absolute atomic E-state index is 10.6. The molecule has 0 unspecified atom stereocenters. The van der Waals surface area contributed by atoms with Crippen LogP contribution in [0.5, 0.6) is 0 Å². The Hall–Kier alpha value is -2.06. The van der Waals surface area contributed by atoms with Crippen molar-refractivity contribution in [3.8, 4) is 0 Å². The second kappa shape index (κ2) is 6.37. The number of benzene rings is 1. The smallest absolute Gasteiger partial charge is 0.269 e. The molecule has 0 saturated carbocycles. The number of nitro groups is 1. The van der Waals surface area contributed by atoms with Gasteiger partial charge in [-0.3, -0.25) is 14.8 Å². The summed E-state index contributed by atoms with van der Waals surface area (Å²) in [4.78, 5) is 13.6. The molecule has 1 fully saturated rings. The highest BCUT2D eigenvalue weighted by Gasteiger charge is 2.19. The van der Waals surface area contributed by atoms with Gasteiger partial charge in [-0.05, 0) is 24.1 Å². The molecule has 7 nitrogen and oxygen atoms in total. The first-order valence-corrected chi connectivity index (χ1v) is 7.81. The molecular weight excluding hydrogens is 302 g/mol. The van der Waals surface area contributed by atoms with Crippen LogP contribution in [0.3, 0.4) is 0 Å². The highest BCUT2D eigenvalue weighted by Crippen LogP contribution is 2.26. The fraction of sp³-hybridized carbons (Fsp3) is 0.357. The molecule has 8 heteroatoms. The summed E-state index contributed by atoms with van der Waals surface area (Å²) in [5, 5.41) is 15.1. The van der Waals surface area contributed by atoms with Crippen LogP contribution in [0.15, 0.2) is 41.4 Å². The number of nitro benzene ring substituents is 1. The van der Waals surface area contributed by atoms with Gasteiger partial charge < -0.3 is 4.90 Å². The molecule has 0 radical (unpaired) electrons. The van der Waals surface area contributed by atoms with Crippen LogP contribution in [-0.2, 0) is 7.05 Å². The zero-order valence-corrected chi connectivity index (χ0v) is 13.1. The van der Waals surface area contributed by atoms with E-state index >= 15 is 0 Å². The number of hydrogen-bond donors (Lipinski definition) is 0. The molecule has 0 aliphatic carbocycles. The lowest BCUT2D eigenvalue weighted by atomic mass is 10.3. The summed E-state index contributed by atoms with van der Waals surface area (Å²) in [5.74, 6) is 1.02. The minimum atomic E-state index is -0.375. The number of piperazine rings is 1. The zero-order valence-electron chi connectivity index (χ0n) is 12.3. The van der Waals surface area contributed by atoms with Gasteiger partial charge in [0.05, 0.1) is 4.92 Å². The number of nitrogens with zero attached hydrogens (tertiary/aromatic N) is 5. The van der Waals surface area contributed by atoms with Gasteiger partial charge in [0, 0.05) is 62.5 Å². The van der Waals surface area contributed by atoms with Crippen LogP contribution in [0.4, 0.5) is 11.5 Å². The maximum atomic E-state index is 10.6. The molecule has 1 aliphatic heterocycles. The van der Waals surface area contributed by atoms with Crippen molar-refractivity contribution in [3.63, 3.8) is 0 Å². The SMILES string of the molecule is Cn1ccc(N2CCN(Sc3ccc([N+](=O)[O-])cc3)CC2)n1. The molecule has 0 spiro atoms. The van der Waals surface area contributed by atoms with E-state index in [-0.39, 0.29) is 10.6 Å². The van der Waals surface area contributed by atoms with Crippen molar-refractivity contribution >= 4 is 23.5 Å². The van der Waals surface area contributed by atoms with E-state index in [1.54, 1.807) is 36.2 Å². The van der Waals surface area contributed by atoms with E-state index in [0.717, 1.165) is 36.9 Å². The molecule has 3 rings (SSSR count). The van der Waals surface area contributed by atoms with Crippen LogP contribution < -0.4 is 4.90 Å². The fourth-order valence-electron chi connectivity index (χ4n) is 2.36. The summed E-state index contributed by atoms with van der Waals surface area (Å²) in [6, 6.07) is 8.72. The third-order valence-electron chi connectivity index (χ3n) is 3.54. The Morgan fingerprint density at radius 3 is 2.36 bits per heavy atom. The van der Waals surface area contributed by atoms with E-state index in [4.69, 9.17) is 0 Å². The monoisotopic (exact) mass is 319 g/mol. The minimum Gasteiger partial charge on any atom is -0.353 e. The van der Waals surface area contributed by atoms with Gasteiger partial charge in [-0.2, -0.15) is 5.10 Å². The molecule has 2 heterocycles. The van der Waals surface area contributed by atoms with Gasteiger partial charge >= 0.3 is 0 Å². The van der Waals surface area contributed by atoms with Crippen molar-refractivity contribution in [1.82, 2.24) is 14.1 Å². The Balaban J connectivity index is 1.54. The molecule has 116 valence electrons. The molecule has 2 aromatic rings. The molecule has 0 amide bonds. The largest absolute Gasteiger partial charge is 0.353 e. The van der Waals surface area contributed by atoms with Gasteiger partial charge in [-0.25, -0.2) is 4.31 Å². The zero-order chi connectivity index (χ0) is 15.5. The Bertz CT molecular complexity index is 650. The fourth-order valence-corrected chi connectivity index (χ4v) is 3.26. The second-order valence-corrected chi connectivity index (χ2v) is 6.28. The third kappa shape index (κ3) is 3.40. The Kier molecular flexibility index (Phi) is 4.30. The molecule has 1 aromatic carbocycles. The lowest BCUT2D eigenvalue weighted by Crippen LogP contribution is -2.43. The number of anilines is 1. The predicted octanol–water partition coefficient (Wildman–Crippen LogP) is 2.16. The van der Waals surface area contributed by atoms with Crippen LogP contribution in [0.25, 0.3) is 0 Å². The third-order valence-corrected chi connectivity index (χ3v) is 4.65. The van der Waals surface area contributed by atoms with Gasteiger partial charge in [0.1, 0.15) is 0 Å². The van der Waals surface area contributed by atoms with Gasteiger partial charge in [-0.15, -0.1) is 0 Å². The Morgan fingerprint density at radius 2 is 1.82 bits per heavy atom. The van der Waals surface area contributed by atoms with E-state index in [2.05, 4.69) is 14.3 Å². The molecule has 22 heavy (non-hydrogen) atoms. The summed E-state index contributed by atoms with van der Waals surface area (Å²) >= 11 is 1.65. The van der Waals surface area contributed by atoms with Crippen LogP contribution >= 0.6 is 11.9 Å². The highest BCUT2D eigenvalue weighted by atomic mass is 32.2. The van der Waals surface area contributed by atoms with Crippen molar-refractivity contribution in [2.24, 2.45) is 7.05 Å².